The van der Waals surface area contributed by atoms with Crippen LogP contribution in [0, 0.1) is 23.2 Å². The Balaban J connectivity index is 1.11. The molecule has 5 rings (SSSR count). The van der Waals surface area contributed by atoms with Crippen LogP contribution in [0.1, 0.15) is 45.4 Å². The Morgan fingerprint density at radius 2 is 1.57 bits per heavy atom. The maximum absolute atomic E-state index is 13.2. The van der Waals surface area contributed by atoms with Crippen molar-refractivity contribution in [3.63, 3.8) is 0 Å². The van der Waals surface area contributed by atoms with Crippen LogP contribution in [0.4, 0.5) is 5.69 Å². The van der Waals surface area contributed by atoms with Gasteiger partial charge in [0, 0.05) is 69.2 Å². The number of amides is 2. The van der Waals surface area contributed by atoms with Crippen molar-refractivity contribution >= 4 is 17.5 Å². The van der Waals surface area contributed by atoms with Crippen LogP contribution in [-0.4, -0.2) is 65.9 Å². The van der Waals surface area contributed by atoms with E-state index in [4.69, 9.17) is 0 Å². The molecule has 0 aromatic carbocycles. The van der Waals surface area contributed by atoms with Crippen LogP contribution in [0.5, 0.6) is 0 Å². The number of anilines is 1. The zero-order valence-electron chi connectivity index (χ0n) is 18.1. The Labute approximate surface area is 179 Å². The van der Waals surface area contributed by atoms with Crippen molar-refractivity contribution in [2.75, 3.05) is 44.2 Å². The second-order valence-corrected chi connectivity index (χ2v) is 10.1. The van der Waals surface area contributed by atoms with E-state index in [1.807, 2.05) is 17.3 Å². The summed E-state index contributed by atoms with van der Waals surface area (Å²) in [6.07, 6.45) is 9.90. The van der Waals surface area contributed by atoms with Crippen molar-refractivity contribution in [1.82, 2.24) is 14.8 Å². The molecule has 4 heterocycles. The molecular weight excluding hydrogens is 376 g/mol. The van der Waals surface area contributed by atoms with Gasteiger partial charge in [0.25, 0.3) is 0 Å². The monoisotopic (exact) mass is 410 g/mol. The van der Waals surface area contributed by atoms with Gasteiger partial charge in [-0.2, -0.15) is 0 Å². The third kappa shape index (κ3) is 3.81. The second kappa shape index (κ2) is 7.86. The third-order valence-electron chi connectivity index (χ3n) is 8.18. The van der Waals surface area contributed by atoms with Crippen molar-refractivity contribution in [3.05, 3.63) is 24.5 Å². The zero-order valence-corrected chi connectivity index (χ0v) is 18.1. The lowest BCUT2D eigenvalue weighted by Crippen LogP contribution is -2.46. The molecule has 3 aliphatic heterocycles. The number of likely N-dealkylation sites (tertiary alicyclic amines) is 2. The van der Waals surface area contributed by atoms with Crippen LogP contribution < -0.4 is 4.90 Å². The maximum atomic E-state index is 13.2. The normalized spacial score (nSPS) is 28.8. The highest BCUT2D eigenvalue weighted by Gasteiger charge is 2.45. The fraction of sp³-hybridized carbons (Fsp3) is 0.708. The van der Waals surface area contributed by atoms with Crippen molar-refractivity contribution in [2.45, 2.75) is 45.4 Å². The van der Waals surface area contributed by atoms with E-state index in [2.05, 4.69) is 33.8 Å². The van der Waals surface area contributed by atoms with Crippen LogP contribution in [0.25, 0.3) is 0 Å². The van der Waals surface area contributed by atoms with Gasteiger partial charge in [-0.15, -0.1) is 0 Å². The molecule has 1 aliphatic carbocycles. The van der Waals surface area contributed by atoms with Crippen molar-refractivity contribution in [1.29, 1.82) is 0 Å². The minimum Gasteiger partial charge on any atom is -0.371 e. The van der Waals surface area contributed by atoms with E-state index in [1.54, 1.807) is 0 Å². The summed E-state index contributed by atoms with van der Waals surface area (Å²) < 4.78 is 0. The highest BCUT2D eigenvalue weighted by molar-refractivity contribution is 5.83. The Hall–Kier alpha value is -2.11. The molecule has 0 radical (unpaired) electrons. The van der Waals surface area contributed by atoms with Crippen LogP contribution in [0.2, 0.25) is 0 Å². The van der Waals surface area contributed by atoms with E-state index in [9.17, 15) is 9.59 Å². The molecule has 0 N–H and O–H groups in total. The maximum Gasteiger partial charge on any atom is 0.225 e. The Morgan fingerprint density at radius 1 is 0.933 bits per heavy atom. The molecule has 1 spiro atoms. The van der Waals surface area contributed by atoms with E-state index in [0.29, 0.717) is 23.1 Å². The lowest BCUT2D eigenvalue weighted by molar-refractivity contribution is -0.141. The van der Waals surface area contributed by atoms with Gasteiger partial charge < -0.3 is 14.7 Å². The number of piperidine rings is 2. The van der Waals surface area contributed by atoms with E-state index in [-0.39, 0.29) is 11.8 Å². The zero-order chi connectivity index (χ0) is 20.7. The Bertz CT molecular complexity index is 782. The molecule has 1 aromatic heterocycles. The van der Waals surface area contributed by atoms with Gasteiger partial charge in [-0.25, -0.2) is 0 Å². The average Bonchev–Trinajstić information content (AvgIpc) is 3.39. The number of carbonyl (C=O) groups excluding carboxylic acids is 2. The van der Waals surface area contributed by atoms with Crippen LogP contribution in [0.3, 0.4) is 0 Å². The van der Waals surface area contributed by atoms with Crippen LogP contribution in [-0.2, 0) is 9.59 Å². The van der Waals surface area contributed by atoms with Crippen molar-refractivity contribution in [2.24, 2.45) is 23.2 Å². The summed E-state index contributed by atoms with van der Waals surface area (Å²) in [5.74, 6) is 1.60. The highest BCUT2D eigenvalue weighted by Crippen LogP contribution is 2.42. The average molecular weight is 411 g/mol. The van der Waals surface area contributed by atoms with E-state index < -0.39 is 0 Å². The minimum absolute atomic E-state index is 0.109. The minimum atomic E-state index is 0.109. The molecular formula is C24H34N4O2. The van der Waals surface area contributed by atoms with Crippen LogP contribution >= 0.6 is 0 Å². The molecule has 6 heteroatoms. The van der Waals surface area contributed by atoms with Gasteiger partial charge >= 0.3 is 0 Å². The molecule has 30 heavy (non-hydrogen) atoms. The molecule has 0 bridgehead atoms. The van der Waals surface area contributed by atoms with Gasteiger partial charge in [0.15, 0.2) is 0 Å². The molecule has 6 nitrogen and oxygen atoms in total. The largest absolute Gasteiger partial charge is 0.371 e. The van der Waals surface area contributed by atoms with Gasteiger partial charge in [0.1, 0.15) is 0 Å². The predicted octanol–water partition coefficient (Wildman–Crippen LogP) is 2.80. The molecule has 1 aromatic rings. The predicted molar refractivity (Wildman–Crippen MR) is 116 cm³/mol. The molecule has 3 saturated heterocycles. The van der Waals surface area contributed by atoms with Gasteiger partial charge in [0.2, 0.25) is 11.8 Å². The Morgan fingerprint density at radius 3 is 2.20 bits per heavy atom. The number of carbonyl (C=O) groups is 2. The number of hydrogen-bond acceptors (Lipinski definition) is 4. The number of hydrogen-bond donors (Lipinski definition) is 0. The first-order valence-corrected chi connectivity index (χ1v) is 11.8. The molecule has 2 amide bonds. The summed E-state index contributed by atoms with van der Waals surface area (Å²) in [6.45, 7) is 7.64. The Kier molecular flexibility index (Phi) is 5.19. The summed E-state index contributed by atoms with van der Waals surface area (Å²) in [6, 6.07) is 4.17. The third-order valence-corrected chi connectivity index (χ3v) is 8.18. The first-order chi connectivity index (χ1) is 14.5. The van der Waals surface area contributed by atoms with Crippen LogP contribution in [0.15, 0.2) is 24.5 Å². The first kappa shape index (κ1) is 19.8. The molecule has 2 atom stereocenters. The van der Waals surface area contributed by atoms with E-state index in [1.165, 1.54) is 5.69 Å². The number of rotatable bonds is 3. The summed E-state index contributed by atoms with van der Waals surface area (Å²) in [5, 5.41) is 0. The molecule has 4 aliphatic rings. The lowest BCUT2D eigenvalue weighted by Gasteiger charge is -2.40. The van der Waals surface area contributed by atoms with Gasteiger partial charge in [-0.05, 0) is 62.0 Å². The molecule has 2 unspecified atom stereocenters. The molecule has 1 saturated carbocycles. The quantitative estimate of drug-likeness (QED) is 0.769. The van der Waals surface area contributed by atoms with Gasteiger partial charge in [-0.1, -0.05) is 6.92 Å². The summed E-state index contributed by atoms with van der Waals surface area (Å²) in [4.78, 5) is 36.4. The van der Waals surface area contributed by atoms with Crippen molar-refractivity contribution < 1.29 is 9.59 Å². The summed E-state index contributed by atoms with van der Waals surface area (Å²) in [5.41, 5.74) is 1.56. The van der Waals surface area contributed by atoms with E-state index in [0.717, 1.165) is 77.8 Å². The smallest absolute Gasteiger partial charge is 0.225 e. The second-order valence-electron chi connectivity index (χ2n) is 10.1. The van der Waals surface area contributed by atoms with Crippen molar-refractivity contribution in [3.8, 4) is 0 Å². The highest BCUT2D eigenvalue weighted by atomic mass is 16.2. The van der Waals surface area contributed by atoms with Gasteiger partial charge in [0.05, 0.1) is 0 Å². The standard InChI is InChI=1S/C24H34N4O2/c1-18-16-21(18)23(30)27-11-4-19(5-12-27)22(29)28-15-8-24(17-28)6-13-26(14-7-24)20-2-9-25-10-3-20/h2-3,9-10,18-19,21H,4-8,11-17H2,1H3. The summed E-state index contributed by atoms with van der Waals surface area (Å²) in [7, 11) is 0. The van der Waals surface area contributed by atoms with E-state index >= 15 is 0 Å². The molecule has 162 valence electrons. The number of nitrogens with zero attached hydrogens (tertiary/aromatic N) is 4. The fourth-order valence-electron chi connectivity index (χ4n) is 5.83. The fourth-order valence-corrected chi connectivity index (χ4v) is 5.83. The number of pyridine rings is 1. The first-order valence-electron chi connectivity index (χ1n) is 11.8. The molecule has 4 fully saturated rings. The SMILES string of the molecule is CC1CC1C(=O)N1CCC(C(=O)N2CCC3(CCN(c4ccncc4)CC3)C2)CC1. The lowest BCUT2D eigenvalue weighted by atomic mass is 9.77. The number of aromatic nitrogens is 1. The van der Waals surface area contributed by atoms with Gasteiger partial charge in [-0.3, -0.25) is 14.6 Å². The topological polar surface area (TPSA) is 56.8 Å². The summed E-state index contributed by atoms with van der Waals surface area (Å²) >= 11 is 0.